The molecule has 20 heavy (non-hydrogen) atoms. The van der Waals surface area contributed by atoms with Gasteiger partial charge in [0.15, 0.2) is 0 Å². The van der Waals surface area contributed by atoms with Crippen LogP contribution >= 0.6 is 0 Å². The highest BCUT2D eigenvalue weighted by Crippen LogP contribution is 2.15. The normalized spacial score (nSPS) is 10.7. The molecular weight excluding hydrogens is 257 g/mol. The predicted molar refractivity (Wildman–Crippen MR) is 73.7 cm³/mol. The van der Waals surface area contributed by atoms with Crippen molar-refractivity contribution in [3.63, 3.8) is 0 Å². The third-order valence-electron chi connectivity index (χ3n) is 3.06. The zero-order chi connectivity index (χ0) is 13.9. The largest absolute Gasteiger partial charge is 0.348 e. The van der Waals surface area contributed by atoms with Crippen LogP contribution in [0.5, 0.6) is 0 Å². The maximum absolute atomic E-state index is 12.8. The number of carbonyl (C=O) groups is 1. The van der Waals surface area contributed by atoms with E-state index in [2.05, 4.69) is 15.3 Å². The van der Waals surface area contributed by atoms with E-state index in [9.17, 15) is 9.18 Å². The number of benzene rings is 1. The van der Waals surface area contributed by atoms with E-state index in [0.29, 0.717) is 17.8 Å². The van der Waals surface area contributed by atoms with Gasteiger partial charge in [0.05, 0.1) is 5.56 Å². The van der Waals surface area contributed by atoms with Crippen molar-refractivity contribution >= 4 is 16.9 Å². The van der Waals surface area contributed by atoms with Gasteiger partial charge in [0.25, 0.3) is 5.91 Å². The van der Waals surface area contributed by atoms with Crippen molar-refractivity contribution in [2.24, 2.45) is 0 Å². The van der Waals surface area contributed by atoms with Crippen molar-refractivity contribution in [2.45, 2.75) is 6.54 Å². The van der Waals surface area contributed by atoms with Crippen molar-refractivity contribution < 1.29 is 9.18 Å². The minimum Gasteiger partial charge on any atom is -0.348 e. The summed E-state index contributed by atoms with van der Waals surface area (Å²) in [6.07, 6.45) is 3.30. The van der Waals surface area contributed by atoms with E-state index >= 15 is 0 Å². The smallest absolute Gasteiger partial charge is 0.253 e. The molecule has 2 aromatic heterocycles. The third kappa shape index (κ3) is 2.38. The van der Waals surface area contributed by atoms with Crippen molar-refractivity contribution in [3.05, 3.63) is 65.7 Å². The van der Waals surface area contributed by atoms with Gasteiger partial charge in [-0.25, -0.2) is 9.37 Å². The predicted octanol–water partition coefficient (Wildman–Crippen LogP) is 2.63. The minimum atomic E-state index is -0.289. The van der Waals surface area contributed by atoms with E-state index in [4.69, 9.17) is 0 Å². The summed E-state index contributed by atoms with van der Waals surface area (Å²) in [6.45, 7) is 0.353. The van der Waals surface area contributed by atoms with Gasteiger partial charge in [0.2, 0.25) is 0 Å². The van der Waals surface area contributed by atoms with Crippen LogP contribution in [0.1, 0.15) is 15.9 Å². The summed E-state index contributed by atoms with van der Waals surface area (Å²) >= 11 is 0. The van der Waals surface area contributed by atoms with E-state index in [-0.39, 0.29) is 11.7 Å². The second-order valence-corrected chi connectivity index (χ2v) is 4.41. The maximum Gasteiger partial charge on any atom is 0.253 e. The number of aromatic nitrogens is 2. The van der Waals surface area contributed by atoms with E-state index in [1.807, 2.05) is 6.07 Å². The Bertz CT molecular complexity index is 749. The van der Waals surface area contributed by atoms with E-state index in [1.165, 1.54) is 12.1 Å². The lowest BCUT2D eigenvalue weighted by Crippen LogP contribution is -2.22. The van der Waals surface area contributed by atoms with Crippen LogP contribution in [0.25, 0.3) is 11.0 Å². The number of nitrogens with one attached hydrogen (secondary N) is 2. The number of rotatable bonds is 3. The molecule has 0 fully saturated rings. The average molecular weight is 269 g/mol. The molecule has 0 unspecified atom stereocenters. The first-order chi connectivity index (χ1) is 9.74. The Hall–Kier alpha value is -2.69. The van der Waals surface area contributed by atoms with Gasteiger partial charge in [0.1, 0.15) is 11.5 Å². The number of H-pyrrole nitrogens is 1. The standard InChI is InChI=1S/C15H12FN3O/c16-11-5-3-10(4-6-11)8-19-15(20)13-9-18-14-12(13)2-1-7-17-14/h1-7,9H,8H2,(H,17,18)(H,19,20). The first kappa shape index (κ1) is 12.3. The second kappa shape index (κ2) is 5.13. The summed E-state index contributed by atoms with van der Waals surface area (Å²) in [5.41, 5.74) is 2.08. The molecule has 0 spiro atoms. The topological polar surface area (TPSA) is 57.8 Å². The quantitative estimate of drug-likeness (QED) is 0.768. The summed E-state index contributed by atoms with van der Waals surface area (Å²) in [6, 6.07) is 9.66. The molecule has 3 rings (SSSR count). The summed E-state index contributed by atoms with van der Waals surface area (Å²) in [5.74, 6) is -0.476. The molecule has 1 aromatic carbocycles. The van der Waals surface area contributed by atoms with Gasteiger partial charge < -0.3 is 10.3 Å². The molecule has 0 bridgehead atoms. The molecule has 0 saturated carbocycles. The van der Waals surface area contributed by atoms with E-state index < -0.39 is 0 Å². The summed E-state index contributed by atoms with van der Waals surface area (Å²) in [7, 11) is 0. The molecule has 100 valence electrons. The number of hydrogen-bond donors (Lipinski definition) is 2. The monoisotopic (exact) mass is 269 g/mol. The van der Waals surface area contributed by atoms with Crippen molar-refractivity contribution in [2.75, 3.05) is 0 Å². The zero-order valence-corrected chi connectivity index (χ0v) is 10.6. The Labute approximate surface area is 114 Å². The molecule has 0 aliphatic rings. The fourth-order valence-electron chi connectivity index (χ4n) is 2.02. The van der Waals surface area contributed by atoms with Crippen LogP contribution in [-0.4, -0.2) is 15.9 Å². The van der Waals surface area contributed by atoms with Gasteiger partial charge in [-0.15, -0.1) is 0 Å². The number of hydrogen-bond acceptors (Lipinski definition) is 2. The molecule has 1 amide bonds. The number of fused-ring (bicyclic) bond motifs is 1. The summed E-state index contributed by atoms with van der Waals surface area (Å²) in [5, 5.41) is 3.59. The molecule has 0 saturated heterocycles. The van der Waals surface area contributed by atoms with Crippen LogP contribution in [-0.2, 0) is 6.54 Å². The van der Waals surface area contributed by atoms with Gasteiger partial charge in [-0.2, -0.15) is 0 Å². The van der Waals surface area contributed by atoms with Crippen molar-refractivity contribution in [1.29, 1.82) is 0 Å². The molecule has 0 atom stereocenters. The molecule has 4 nitrogen and oxygen atoms in total. The highest BCUT2D eigenvalue weighted by Gasteiger charge is 2.11. The van der Waals surface area contributed by atoms with E-state index in [1.54, 1.807) is 30.6 Å². The van der Waals surface area contributed by atoms with Crippen molar-refractivity contribution in [1.82, 2.24) is 15.3 Å². The van der Waals surface area contributed by atoms with Crippen LogP contribution in [0, 0.1) is 5.82 Å². The molecule has 0 radical (unpaired) electrons. The number of nitrogens with zero attached hydrogens (tertiary/aromatic N) is 1. The average Bonchev–Trinajstić information content (AvgIpc) is 2.90. The van der Waals surface area contributed by atoms with Gasteiger partial charge in [-0.1, -0.05) is 12.1 Å². The van der Waals surface area contributed by atoms with Crippen LogP contribution < -0.4 is 5.32 Å². The summed E-state index contributed by atoms with van der Waals surface area (Å²) < 4.78 is 12.8. The lowest BCUT2D eigenvalue weighted by molar-refractivity contribution is 0.0952. The number of carbonyl (C=O) groups excluding carboxylic acids is 1. The SMILES string of the molecule is O=C(NCc1ccc(F)cc1)c1c[nH]c2ncccc12. The van der Waals surface area contributed by atoms with Gasteiger partial charge in [-0.05, 0) is 29.8 Å². The molecular formula is C15H12FN3O. The summed E-state index contributed by atoms with van der Waals surface area (Å²) in [4.78, 5) is 19.2. The highest BCUT2D eigenvalue weighted by atomic mass is 19.1. The number of amides is 1. The molecule has 3 aromatic rings. The zero-order valence-electron chi connectivity index (χ0n) is 10.6. The molecule has 5 heteroatoms. The maximum atomic E-state index is 12.8. The second-order valence-electron chi connectivity index (χ2n) is 4.41. The number of halogens is 1. The van der Waals surface area contributed by atoms with Crippen LogP contribution in [0.2, 0.25) is 0 Å². The number of aromatic amines is 1. The van der Waals surface area contributed by atoms with Crippen LogP contribution in [0.4, 0.5) is 4.39 Å². The van der Waals surface area contributed by atoms with Gasteiger partial charge in [-0.3, -0.25) is 4.79 Å². The molecule has 0 aliphatic heterocycles. The molecule has 2 N–H and O–H groups in total. The first-order valence-corrected chi connectivity index (χ1v) is 6.19. The lowest BCUT2D eigenvalue weighted by atomic mass is 10.2. The van der Waals surface area contributed by atoms with Gasteiger partial charge >= 0.3 is 0 Å². The molecule has 0 aliphatic carbocycles. The third-order valence-corrected chi connectivity index (χ3v) is 3.06. The first-order valence-electron chi connectivity index (χ1n) is 6.19. The highest BCUT2D eigenvalue weighted by molar-refractivity contribution is 6.05. The fraction of sp³-hybridized carbons (Fsp3) is 0.0667. The Morgan fingerprint density at radius 1 is 1.25 bits per heavy atom. The Morgan fingerprint density at radius 3 is 2.85 bits per heavy atom. The Morgan fingerprint density at radius 2 is 2.05 bits per heavy atom. The van der Waals surface area contributed by atoms with Crippen LogP contribution in [0.15, 0.2) is 48.8 Å². The Balaban J connectivity index is 1.75. The van der Waals surface area contributed by atoms with E-state index in [0.717, 1.165) is 10.9 Å². The van der Waals surface area contributed by atoms with Gasteiger partial charge in [0, 0.05) is 24.3 Å². The van der Waals surface area contributed by atoms with Crippen LogP contribution in [0.3, 0.4) is 0 Å². The minimum absolute atomic E-state index is 0.187. The van der Waals surface area contributed by atoms with Crippen molar-refractivity contribution in [3.8, 4) is 0 Å². The number of pyridine rings is 1. The lowest BCUT2D eigenvalue weighted by Gasteiger charge is -2.04. The molecule has 2 heterocycles. The fourth-order valence-corrected chi connectivity index (χ4v) is 2.02. The Kier molecular flexibility index (Phi) is 3.16.